The van der Waals surface area contributed by atoms with Crippen molar-refractivity contribution in [3.63, 3.8) is 0 Å². The number of para-hydroxylation sites is 1. The van der Waals surface area contributed by atoms with E-state index in [1.807, 2.05) is 72.3 Å². The summed E-state index contributed by atoms with van der Waals surface area (Å²) in [6.45, 7) is 2.01. The van der Waals surface area contributed by atoms with E-state index >= 15 is 0 Å². The number of imidazole rings is 1. The number of benzene rings is 2. The quantitative estimate of drug-likeness (QED) is 0.551. The highest BCUT2D eigenvalue weighted by Crippen LogP contribution is 2.29. The molecule has 2 aromatic carbocycles. The first-order valence-corrected chi connectivity index (χ1v) is 9.57. The van der Waals surface area contributed by atoms with Crippen LogP contribution in [0.25, 0.3) is 28.2 Å². The number of nitrogens with zero attached hydrogens (tertiary/aromatic N) is 4. The number of fused-ring (bicyclic) bond motifs is 1. The zero-order valence-corrected chi connectivity index (χ0v) is 15.7. The lowest BCUT2D eigenvalue weighted by atomic mass is 10.1. The molecule has 0 aliphatic carbocycles. The summed E-state index contributed by atoms with van der Waals surface area (Å²) in [4.78, 5) is 25.8. The minimum absolute atomic E-state index is 0.126. The number of thioether (sulfide) groups is 1. The number of nitrogens with two attached hydrogens (primary N) is 1. The second-order valence-electron chi connectivity index (χ2n) is 6.07. The molecular formula is C20H17N5OS. The van der Waals surface area contributed by atoms with Crippen molar-refractivity contribution in [1.29, 1.82) is 0 Å². The Morgan fingerprint density at radius 2 is 1.70 bits per heavy atom. The van der Waals surface area contributed by atoms with Crippen LogP contribution in [0.1, 0.15) is 16.1 Å². The molecule has 0 atom stereocenters. The van der Waals surface area contributed by atoms with Crippen LogP contribution in [-0.4, -0.2) is 31.7 Å². The summed E-state index contributed by atoms with van der Waals surface area (Å²) in [5.41, 5.74) is 9.56. The molecule has 0 bridgehead atoms. The molecule has 7 heteroatoms. The molecule has 4 aromatic rings. The number of carbonyl (C=O) groups excluding carboxylic acids is 1. The summed E-state index contributed by atoms with van der Waals surface area (Å²) in [5.74, 6) is -0.179. The summed E-state index contributed by atoms with van der Waals surface area (Å²) in [7, 11) is 0. The molecule has 6 nitrogen and oxygen atoms in total. The van der Waals surface area contributed by atoms with E-state index < -0.39 is 5.91 Å². The molecule has 0 radical (unpaired) electrons. The zero-order valence-electron chi connectivity index (χ0n) is 14.9. The highest BCUT2D eigenvalue weighted by Gasteiger charge is 2.21. The number of aromatic nitrogens is 4. The Morgan fingerprint density at radius 3 is 2.33 bits per heavy atom. The van der Waals surface area contributed by atoms with Crippen molar-refractivity contribution in [2.75, 3.05) is 6.26 Å². The van der Waals surface area contributed by atoms with Gasteiger partial charge in [-0.05, 0) is 25.3 Å². The van der Waals surface area contributed by atoms with Gasteiger partial charge in [0.1, 0.15) is 5.52 Å². The molecule has 2 aromatic heterocycles. The highest BCUT2D eigenvalue weighted by atomic mass is 32.2. The smallest absolute Gasteiger partial charge is 0.269 e. The van der Waals surface area contributed by atoms with Crippen molar-refractivity contribution in [2.45, 2.75) is 12.1 Å². The summed E-state index contributed by atoms with van der Waals surface area (Å²) in [5, 5.41) is 0.717. The third kappa shape index (κ3) is 3.06. The molecule has 4 rings (SSSR count). The van der Waals surface area contributed by atoms with Crippen molar-refractivity contribution in [1.82, 2.24) is 19.5 Å². The molecule has 134 valence electrons. The molecule has 27 heavy (non-hydrogen) atoms. The average molecular weight is 375 g/mol. The molecule has 1 amide bonds. The first kappa shape index (κ1) is 17.2. The van der Waals surface area contributed by atoms with Crippen molar-refractivity contribution in [2.24, 2.45) is 5.73 Å². The van der Waals surface area contributed by atoms with Crippen LogP contribution in [0.5, 0.6) is 0 Å². The van der Waals surface area contributed by atoms with Gasteiger partial charge in [0.15, 0.2) is 22.3 Å². The van der Waals surface area contributed by atoms with E-state index in [2.05, 4.69) is 9.97 Å². The van der Waals surface area contributed by atoms with Gasteiger partial charge in [0, 0.05) is 11.3 Å². The summed E-state index contributed by atoms with van der Waals surface area (Å²) in [6.07, 6.45) is 1.93. The van der Waals surface area contributed by atoms with Gasteiger partial charge in [-0.3, -0.25) is 9.36 Å². The van der Waals surface area contributed by atoms with E-state index in [-0.39, 0.29) is 5.69 Å². The molecule has 0 fully saturated rings. The molecule has 0 spiro atoms. The minimum atomic E-state index is -0.624. The normalized spacial score (nSPS) is 11.0. The standard InChI is InChI=1S/C20H17N5OS/c1-12-8-10-13(11-9-12)18-22-15(17(21)26)16-19(24-18)25(20(23-16)27-2)14-6-4-3-5-7-14/h3-11H,1-2H3,(H2,21,26). The Kier molecular flexibility index (Phi) is 4.37. The largest absolute Gasteiger partial charge is 0.364 e. The van der Waals surface area contributed by atoms with Crippen LogP contribution in [0.15, 0.2) is 59.8 Å². The number of hydrogen-bond acceptors (Lipinski definition) is 5. The first-order chi connectivity index (χ1) is 13.1. The van der Waals surface area contributed by atoms with E-state index in [0.29, 0.717) is 22.1 Å². The van der Waals surface area contributed by atoms with Crippen LogP contribution in [0.2, 0.25) is 0 Å². The van der Waals surface area contributed by atoms with Crippen molar-refractivity contribution in [3.05, 3.63) is 65.9 Å². The molecule has 2 heterocycles. The second kappa shape index (κ2) is 6.85. The zero-order chi connectivity index (χ0) is 19.0. The molecule has 0 unspecified atom stereocenters. The van der Waals surface area contributed by atoms with Crippen molar-refractivity contribution < 1.29 is 4.79 Å². The fourth-order valence-corrected chi connectivity index (χ4v) is 3.45. The monoisotopic (exact) mass is 375 g/mol. The van der Waals surface area contributed by atoms with Crippen LogP contribution < -0.4 is 5.73 Å². The van der Waals surface area contributed by atoms with Gasteiger partial charge < -0.3 is 5.73 Å². The van der Waals surface area contributed by atoms with E-state index in [1.165, 1.54) is 11.8 Å². The maximum Gasteiger partial charge on any atom is 0.269 e. The first-order valence-electron chi connectivity index (χ1n) is 8.35. The molecule has 2 N–H and O–H groups in total. The van der Waals surface area contributed by atoms with E-state index in [4.69, 9.17) is 10.7 Å². The van der Waals surface area contributed by atoms with Gasteiger partial charge in [-0.2, -0.15) is 0 Å². The van der Waals surface area contributed by atoms with Crippen molar-refractivity contribution in [3.8, 4) is 17.1 Å². The molecular weight excluding hydrogens is 358 g/mol. The van der Waals surface area contributed by atoms with Gasteiger partial charge in [-0.1, -0.05) is 59.8 Å². The van der Waals surface area contributed by atoms with Crippen LogP contribution in [-0.2, 0) is 0 Å². The lowest BCUT2D eigenvalue weighted by Gasteiger charge is -2.08. The maximum atomic E-state index is 12.1. The predicted octanol–water partition coefficient (Wildman–Crippen LogP) is 3.61. The number of rotatable bonds is 4. The second-order valence-corrected chi connectivity index (χ2v) is 6.84. The van der Waals surface area contributed by atoms with Gasteiger partial charge in [0.05, 0.1) is 0 Å². The minimum Gasteiger partial charge on any atom is -0.364 e. The fraction of sp³-hybridized carbons (Fsp3) is 0.100. The van der Waals surface area contributed by atoms with Gasteiger partial charge in [0.2, 0.25) is 0 Å². The molecule has 0 saturated heterocycles. The molecule has 0 aliphatic heterocycles. The van der Waals surface area contributed by atoms with E-state index in [0.717, 1.165) is 16.8 Å². The highest BCUT2D eigenvalue weighted by molar-refractivity contribution is 7.98. The lowest BCUT2D eigenvalue weighted by Crippen LogP contribution is -2.15. The number of hydrogen-bond donors (Lipinski definition) is 1. The van der Waals surface area contributed by atoms with Gasteiger partial charge in [-0.25, -0.2) is 15.0 Å². The maximum absolute atomic E-state index is 12.1. The van der Waals surface area contributed by atoms with Gasteiger partial charge in [-0.15, -0.1) is 0 Å². The molecule has 0 aliphatic rings. The van der Waals surface area contributed by atoms with Gasteiger partial charge >= 0.3 is 0 Å². The topological polar surface area (TPSA) is 86.7 Å². The average Bonchev–Trinajstić information content (AvgIpc) is 3.06. The van der Waals surface area contributed by atoms with Crippen molar-refractivity contribution >= 4 is 28.8 Å². The summed E-state index contributed by atoms with van der Waals surface area (Å²) >= 11 is 1.47. The SMILES string of the molecule is CSc1nc2c(C(N)=O)nc(-c3ccc(C)cc3)nc2n1-c1ccccc1. The van der Waals surface area contributed by atoms with Crippen LogP contribution in [0.3, 0.4) is 0 Å². The van der Waals surface area contributed by atoms with E-state index in [1.54, 1.807) is 0 Å². The lowest BCUT2D eigenvalue weighted by molar-refractivity contribution is 0.0997. The number of amides is 1. The van der Waals surface area contributed by atoms with Gasteiger partial charge in [0.25, 0.3) is 5.91 Å². The van der Waals surface area contributed by atoms with Crippen LogP contribution >= 0.6 is 11.8 Å². The third-order valence-corrected chi connectivity index (χ3v) is 4.86. The Balaban J connectivity index is 2.06. The van der Waals surface area contributed by atoms with Crippen LogP contribution in [0, 0.1) is 6.92 Å². The molecule has 0 saturated carbocycles. The number of aryl methyl sites for hydroxylation is 1. The Hall–Kier alpha value is -3.19. The fourth-order valence-electron chi connectivity index (χ4n) is 2.89. The number of primary amides is 1. The summed E-state index contributed by atoms with van der Waals surface area (Å²) in [6, 6.07) is 17.6. The Labute approximate surface area is 160 Å². The predicted molar refractivity (Wildman–Crippen MR) is 107 cm³/mol. The third-order valence-electron chi connectivity index (χ3n) is 4.22. The Bertz CT molecular complexity index is 1140. The summed E-state index contributed by atoms with van der Waals surface area (Å²) < 4.78 is 1.92. The number of carbonyl (C=O) groups is 1. The van der Waals surface area contributed by atoms with Crippen LogP contribution in [0.4, 0.5) is 0 Å². The van der Waals surface area contributed by atoms with E-state index in [9.17, 15) is 4.79 Å². The Morgan fingerprint density at radius 1 is 1.00 bits per heavy atom.